The SMILES string of the molecule is CCOC(=O)c1c(N)cc(CC)cc1F. The predicted molar refractivity (Wildman–Crippen MR) is 56.1 cm³/mol. The maximum Gasteiger partial charge on any atom is 0.343 e. The fraction of sp³-hybridized carbons (Fsp3) is 0.364. The number of hydrogen-bond acceptors (Lipinski definition) is 3. The third-order valence-electron chi connectivity index (χ3n) is 2.07. The van der Waals surface area contributed by atoms with E-state index in [1.54, 1.807) is 13.0 Å². The second kappa shape index (κ2) is 4.77. The first-order chi connectivity index (χ1) is 7.10. The van der Waals surface area contributed by atoms with Crippen LogP contribution in [0.25, 0.3) is 0 Å². The molecule has 0 heterocycles. The van der Waals surface area contributed by atoms with Crippen LogP contribution >= 0.6 is 0 Å². The zero-order chi connectivity index (χ0) is 11.4. The van der Waals surface area contributed by atoms with Gasteiger partial charge in [0.05, 0.1) is 6.61 Å². The quantitative estimate of drug-likeness (QED) is 0.615. The van der Waals surface area contributed by atoms with Gasteiger partial charge in [-0.05, 0) is 31.0 Å². The molecule has 82 valence electrons. The van der Waals surface area contributed by atoms with Crippen LogP contribution in [-0.2, 0) is 11.2 Å². The van der Waals surface area contributed by atoms with Crippen LogP contribution in [0, 0.1) is 5.82 Å². The minimum atomic E-state index is -0.713. The summed E-state index contributed by atoms with van der Waals surface area (Å²) in [6, 6.07) is 2.90. The predicted octanol–water partition coefficient (Wildman–Crippen LogP) is 2.15. The number of carbonyl (C=O) groups is 1. The van der Waals surface area contributed by atoms with E-state index in [1.165, 1.54) is 6.07 Å². The molecule has 0 saturated heterocycles. The summed E-state index contributed by atoms with van der Waals surface area (Å²) in [5.74, 6) is -1.33. The summed E-state index contributed by atoms with van der Waals surface area (Å²) in [5.41, 5.74) is 6.31. The highest BCUT2D eigenvalue weighted by Gasteiger charge is 2.17. The van der Waals surface area contributed by atoms with Gasteiger partial charge in [-0.15, -0.1) is 0 Å². The maximum atomic E-state index is 13.5. The summed E-state index contributed by atoms with van der Waals surface area (Å²) in [4.78, 5) is 11.3. The number of nitrogens with two attached hydrogens (primary N) is 1. The smallest absolute Gasteiger partial charge is 0.343 e. The van der Waals surface area contributed by atoms with Crippen molar-refractivity contribution in [3.63, 3.8) is 0 Å². The van der Waals surface area contributed by atoms with Crippen LogP contribution in [-0.4, -0.2) is 12.6 Å². The molecule has 15 heavy (non-hydrogen) atoms. The van der Waals surface area contributed by atoms with E-state index in [1.807, 2.05) is 6.92 Å². The lowest BCUT2D eigenvalue weighted by Crippen LogP contribution is -2.11. The molecule has 0 aliphatic carbocycles. The van der Waals surface area contributed by atoms with Gasteiger partial charge in [-0.25, -0.2) is 9.18 Å². The molecule has 0 aliphatic heterocycles. The van der Waals surface area contributed by atoms with Gasteiger partial charge >= 0.3 is 5.97 Å². The lowest BCUT2D eigenvalue weighted by Gasteiger charge is -2.08. The van der Waals surface area contributed by atoms with Crippen LogP contribution in [0.1, 0.15) is 29.8 Å². The normalized spacial score (nSPS) is 10.1. The summed E-state index contributed by atoms with van der Waals surface area (Å²) in [5, 5.41) is 0. The highest BCUT2D eigenvalue weighted by Crippen LogP contribution is 2.20. The number of esters is 1. The Kier molecular flexibility index (Phi) is 3.66. The number of halogens is 1. The van der Waals surface area contributed by atoms with Crippen molar-refractivity contribution in [2.24, 2.45) is 0 Å². The fourth-order valence-electron chi connectivity index (χ4n) is 1.31. The monoisotopic (exact) mass is 211 g/mol. The van der Waals surface area contributed by atoms with E-state index in [2.05, 4.69) is 0 Å². The highest BCUT2D eigenvalue weighted by atomic mass is 19.1. The molecule has 0 spiro atoms. The van der Waals surface area contributed by atoms with E-state index in [0.29, 0.717) is 6.42 Å². The van der Waals surface area contributed by atoms with Gasteiger partial charge in [0.2, 0.25) is 0 Å². The summed E-state index contributed by atoms with van der Waals surface area (Å²) in [6.07, 6.45) is 0.671. The number of anilines is 1. The Labute approximate surface area is 88.0 Å². The third kappa shape index (κ3) is 2.46. The first-order valence-electron chi connectivity index (χ1n) is 4.85. The van der Waals surface area contributed by atoms with Gasteiger partial charge in [-0.1, -0.05) is 6.92 Å². The van der Waals surface area contributed by atoms with Gasteiger partial charge < -0.3 is 10.5 Å². The Morgan fingerprint density at radius 3 is 2.60 bits per heavy atom. The van der Waals surface area contributed by atoms with Gasteiger partial charge in [0.1, 0.15) is 11.4 Å². The Hall–Kier alpha value is -1.58. The molecule has 0 bridgehead atoms. The Morgan fingerprint density at radius 1 is 1.47 bits per heavy atom. The first kappa shape index (κ1) is 11.5. The van der Waals surface area contributed by atoms with Crippen molar-refractivity contribution in [3.8, 4) is 0 Å². The molecular formula is C11H14FNO2. The molecule has 1 aromatic carbocycles. The molecule has 2 N–H and O–H groups in total. The van der Waals surface area contributed by atoms with Crippen molar-refractivity contribution >= 4 is 11.7 Å². The molecule has 0 aliphatic rings. The molecular weight excluding hydrogens is 197 g/mol. The fourth-order valence-corrected chi connectivity index (χ4v) is 1.31. The van der Waals surface area contributed by atoms with Gasteiger partial charge in [-0.3, -0.25) is 0 Å². The van der Waals surface area contributed by atoms with Crippen LogP contribution < -0.4 is 5.73 Å². The van der Waals surface area contributed by atoms with Crippen molar-refractivity contribution in [3.05, 3.63) is 29.1 Å². The van der Waals surface area contributed by atoms with Gasteiger partial charge in [0.25, 0.3) is 0 Å². The molecule has 0 amide bonds. The lowest BCUT2D eigenvalue weighted by molar-refractivity contribution is 0.0522. The topological polar surface area (TPSA) is 52.3 Å². The molecule has 0 unspecified atom stereocenters. The zero-order valence-corrected chi connectivity index (χ0v) is 8.84. The second-order valence-electron chi connectivity index (χ2n) is 3.12. The molecule has 1 rings (SSSR count). The van der Waals surface area contributed by atoms with Crippen LogP contribution in [0.3, 0.4) is 0 Å². The zero-order valence-electron chi connectivity index (χ0n) is 8.84. The average molecular weight is 211 g/mol. The largest absolute Gasteiger partial charge is 0.462 e. The molecule has 1 aromatic rings. The third-order valence-corrected chi connectivity index (χ3v) is 2.07. The molecule has 0 saturated carbocycles. The van der Waals surface area contributed by atoms with Crippen molar-refractivity contribution in [1.82, 2.24) is 0 Å². The molecule has 4 heteroatoms. The van der Waals surface area contributed by atoms with Gasteiger partial charge in [0.15, 0.2) is 0 Å². The van der Waals surface area contributed by atoms with Crippen molar-refractivity contribution in [1.29, 1.82) is 0 Å². The number of aryl methyl sites for hydroxylation is 1. The van der Waals surface area contributed by atoms with Gasteiger partial charge in [0, 0.05) is 5.69 Å². The minimum absolute atomic E-state index is 0.130. The Balaban J connectivity index is 3.13. The van der Waals surface area contributed by atoms with Crippen molar-refractivity contribution in [2.45, 2.75) is 20.3 Å². The highest BCUT2D eigenvalue weighted by molar-refractivity contribution is 5.95. The van der Waals surface area contributed by atoms with Crippen molar-refractivity contribution < 1.29 is 13.9 Å². The number of ether oxygens (including phenoxy) is 1. The lowest BCUT2D eigenvalue weighted by atomic mass is 10.1. The number of hydrogen-bond donors (Lipinski definition) is 1. The van der Waals surface area contributed by atoms with E-state index in [-0.39, 0.29) is 17.9 Å². The maximum absolute atomic E-state index is 13.5. The summed E-state index contributed by atoms with van der Waals surface area (Å²) < 4.78 is 18.2. The Morgan fingerprint density at radius 2 is 2.13 bits per heavy atom. The molecule has 0 radical (unpaired) electrons. The summed E-state index contributed by atoms with van der Waals surface area (Å²) in [7, 11) is 0. The summed E-state index contributed by atoms with van der Waals surface area (Å²) in [6.45, 7) is 3.75. The van der Waals surface area contributed by atoms with Crippen molar-refractivity contribution in [2.75, 3.05) is 12.3 Å². The second-order valence-corrected chi connectivity index (χ2v) is 3.12. The standard InChI is InChI=1S/C11H14FNO2/c1-3-7-5-8(12)10(9(13)6-7)11(14)15-4-2/h5-6H,3-4,13H2,1-2H3. The number of nitrogen functional groups attached to an aromatic ring is 1. The molecule has 0 fully saturated rings. The number of rotatable bonds is 3. The van der Waals surface area contributed by atoms with E-state index in [9.17, 15) is 9.18 Å². The van der Waals surface area contributed by atoms with Crippen LogP contribution in [0.15, 0.2) is 12.1 Å². The molecule has 0 atom stereocenters. The first-order valence-corrected chi connectivity index (χ1v) is 4.85. The number of benzene rings is 1. The van der Waals surface area contributed by atoms with E-state index < -0.39 is 11.8 Å². The van der Waals surface area contributed by atoms with Crippen LogP contribution in [0.5, 0.6) is 0 Å². The minimum Gasteiger partial charge on any atom is -0.462 e. The molecule has 0 aromatic heterocycles. The van der Waals surface area contributed by atoms with Gasteiger partial charge in [-0.2, -0.15) is 0 Å². The Bertz CT molecular complexity index is 354. The van der Waals surface area contributed by atoms with Crippen LogP contribution in [0.2, 0.25) is 0 Å². The average Bonchev–Trinajstić information content (AvgIpc) is 2.16. The van der Waals surface area contributed by atoms with E-state index in [4.69, 9.17) is 10.5 Å². The van der Waals surface area contributed by atoms with E-state index >= 15 is 0 Å². The number of carbonyl (C=O) groups excluding carboxylic acids is 1. The van der Waals surface area contributed by atoms with E-state index in [0.717, 1.165) is 5.56 Å². The van der Waals surface area contributed by atoms with Crippen LogP contribution in [0.4, 0.5) is 10.1 Å². The molecule has 3 nitrogen and oxygen atoms in total. The summed E-state index contributed by atoms with van der Waals surface area (Å²) >= 11 is 0.